The molecular formula is C22H22Cl3N3. The number of fused-ring (bicyclic) bond motifs is 1. The fraction of sp³-hybridized carbons (Fsp3) is 0.318. The third-order valence-corrected chi connectivity index (χ3v) is 6.48. The number of rotatable bonds is 4. The van der Waals surface area contributed by atoms with E-state index in [-0.39, 0.29) is 0 Å². The van der Waals surface area contributed by atoms with Crippen LogP contribution in [-0.2, 0) is 6.54 Å². The highest BCUT2D eigenvalue weighted by Gasteiger charge is 2.26. The summed E-state index contributed by atoms with van der Waals surface area (Å²) in [6, 6.07) is 14.5. The van der Waals surface area contributed by atoms with Crippen LogP contribution >= 0.6 is 34.8 Å². The number of hydrogen-bond acceptors (Lipinski definition) is 3. The number of anilines is 1. The fourth-order valence-electron chi connectivity index (χ4n) is 4.02. The lowest BCUT2D eigenvalue weighted by atomic mass is 9.90. The fourth-order valence-corrected chi connectivity index (χ4v) is 4.50. The Morgan fingerprint density at radius 2 is 1.71 bits per heavy atom. The number of aromatic nitrogens is 1. The van der Waals surface area contributed by atoms with Gasteiger partial charge in [0.05, 0.1) is 15.6 Å². The van der Waals surface area contributed by atoms with Gasteiger partial charge in [-0.15, -0.1) is 0 Å². The summed E-state index contributed by atoms with van der Waals surface area (Å²) in [5, 5.41) is 2.94. The zero-order valence-electron chi connectivity index (χ0n) is 15.4. The van der Waals surface area contributed by atoms with Crippen molar-refractivity contribution < 1.29 is 0 Å². The van der Waals surface area contributed by atoms with Gasteiger partial charge in [0, 0.05) is 40.9 Å². The van der Waals surface area contributed by atoms with Crippen molar-refractivity contribution in [2.24, 2.45) is 5.73 Å². The van der Waals surface area contributed by atoms with Crippen molar-refractivity contribution in [3.05, 3.63) is 69.3 Å². The highest BCUT2D eigenvalue weighted by atomic mass is 35.5. The number of pyridine rings is 1. The Labute approximate surface area is 180 Å². The maximum atomic E-state index is 6.27. The monoisotopic (exact) mass is 433 g/mol. The normalized spacial score (nSPS) is 19.7. The van der Waals surface area contributed by atoms with Gasteiger partial charge in [-0.25, -0.2) is 0 Å². The predicted octanol–water partition coefficient (Wildman–Crippen LogP) is 6.47. The first-order valence-corrected chi connectivity index (χ1v) is 10.6. The molecule has 0 atom stereocenters. The molecule has 2 aromatic carbocycles. The molecule has 0 amide bonds. The smallest absolute Gasteiger partial charge is 0.0737 e. The van der Waals surface area contributed by atoms with Crippen LogP contribution < -0.4 is 10.6 Å². The van der Waals surface area contributed by atoms with Crippen molar-refractivity contribution in [2.45, 2.75) is 44.3 Å². The van der Waals surface area contributed by atoms with Crippen LogP contribution in [0.1, 0.15) is 31.2 Å². The maximum absolute atomic E-state index is 6.27. The number of nitrogens with zero attached hydrogens (tertiary/aromatic N) is 2. The largest absolute Gasteiger partial charge is 0.364 e. The molecular weight excluding hydrogens is 413 g/mol. The van der Waals surface area contributed by atoms with Crippen LogP contribution in [0.25, 0.3) is 10.9 Å². The second-order valence-corrected chi connectivity index (χ2v) is 8.69. The van der Waals surface area contributed by atoms with Crippen molar-refractivity contribution in [2.75, 3.05) is 4.90 Å². The summed E-state index contributed by atoms with van der Waals surface area (Å²) in [5.74, 6) is 0. The van der Waals surface area contributed by atoms with Crippen molar-refractivity contribution in [3.63, 3.8) is 0 Å². The molecule has 1 aliphatic rings. The van der Waals surface area contributed by atoms with Gasteiger partial charge in [-0.3, -0.25) is 4.98 Å². The molecule has 0 unspecified atom stereocenters. The van der Waals surface area contributed by atoms with Crippen LogP contribution in [0.4, 0.5) is 5.69 Å². The van der Waals surface area contributed by atoms with E-state index in [1.54, 1.807) is 0 Å². The van der Waals surface area contributed by atoms with E-state index in [0.29, 0.717) is 27.2 Å². The zero-order chi connectivity index (χ0) is 19.7. The van der Waals surface area contributed by atoms with Crippen molar-refractivity contribution in [3.8, 4) is 0 Å². The molecule has 1 heterocycles. The molecule has 0 radical (unpaired) electrons. The third-order valence-electron chi connectivity index (χ3n) is 5.51. The summed E-state index contributed by atoms with van der Waals surface area (Å²) in [5.41, 5.74) is 9.34. The Morgan fingerprint density at radius 1 is 0.929 bits per heavy atom. The van der Waals surface area contributed by atoms with Crippen LogP contribution in [0.3, 0.4) is 0 Å². The van der Waals surface area contributed by atoms with Gasteiger partial charge in [0.15, 0.2) is 0 Å². The van der Waals surface area contributed by atoms with Crippen LogP contribution in [0.5, 0.6) is 0 Å². The molecule has 0 bridgehead atoms. The topological polar surface area (TPSA) is 42.1 Å². The van der Waals surface area contributed by atoms with Crippen LogP contribution in [-0.4, -0.2) is 17.1 Å². The highest BCUT2D eigenvalue weighted by Crippen LogP contribution is 2.34. The second kappa shape index (κ2) is 8.46. The third kappa shape index (κ3) is 4.23. The van der Waals surface area contributed by atoms with Gasteiger partial charge >= 0.3 is 0 Å². The lowest BCUT2D eigenvalue weighted by Crippen LogP contribution is -2.40. The van der Waals surface area contributed by atoms with Gasteiger partial charge in [0.2, 0.25) is 0 Å². The average molecular weight is 435 g/mol. The molecule has 1 aliphatic carbocycles. The molecule has 1 saturated carbocycles. The van der Waals surface area contributed by atoms with Gasteiger partial charge in [0.1, 0.15) is 0 Å². The number of nitrogens with two attached hydrogens (primary N) is 1. The van der Waals surface area contributed by atoms with Gasteiger partial charge < -0.3 is 10.6 Å². The minimum absolute atomic E-state index is 0.302. The van der Waals surface area contributed by atoms with Gasteiger partial charge in [0.25, 0.3) is 0 Å². The van der Waals surface area contributed by atoms with Crippen molar-refractivity contribution >= 4 is 51.4 Å². The maximum Gasteiger partial charge on any atom is 0.0737 e. The van der Waals surface area contributed by atoms with Gasteiger partial charge in [-0.1, -0.05) is 40.9 Å². The number of benzene rings is 2. The average Bonchev–Trinajstić information content (AvgIpc) is 2.69. The quantitative estimate of drug-likeness (QED) is 0.511. The Hall–Kier alpha value is -1.52. The SMILES string of the molecule is NC1CCC(N(Cc2ccc(Cl)c(Cl)c2)c2ccnc3cc(Cl)ccc23)CC1. The van der Waals surface area contributed by atoms with Crippen LogP contribution in [0, 0.1) is 0 Å². The van der Waals surface area contributed by atoms with Crippen molar-refractivity contribution in [1.29, 1.82) is 0 Å². The van der Waals surface area contributed by atoms with Crippen LogP contribution in [0.2, 0.25) is 15.1 Å². The molecule has 0 saturated heterocycles. The molecule has 3 nitrogen and oxygen atoms in total. The Kier molecular flexibility index (Phi) is 5.98. The molecule has 3 aromatic rings. The first kappa shape index (κ1) is 19.8. The standard InChI is InChI=1S/C22H22Cl3N3/c23-15-2-7-18-21(12-15)27-10-9-22(18)28(17-5-3-16(26)4-6-17)13-14-1-8-19(24)20(25)11-14/h1-2,7-12,16-17H,3-6,13,26H2. The molecule has 1 aromatic heterocycles. The van der Waals surface area contributed by atoms with E-state index in [1.807, 2.05) is 36.5 Å². The lowest BCUT2D eigenvalue weighted by molar-refractivity contribution is 0.375. The molecule has 0 aliphatic heterocycles. The number of hydrogen-bond donors (Lipinski definition) is 1. The summed E-state index contributed by atoms with van der Waals surface area (Å²) < 4.78 is 0. The second-order valence-electron chi connectivity index (χ2n) is 7.44. The van der Waals surface area contributed by atoms with E-state index in [9.17, 15) is 0 Å². The highest BCUT2D eigenvalue weighted by molar-refractivity contribution is 6.42. The predicted molar refractivity (Wildman–Crippen MR) is 120 cm³/mol. The molecule has 2 N–H and O–H groups in total. The Morgan fingerprint density at radius 3 is 2.46 bits per heavy atom. The molecule has 4 rings (SSSR count). The Bertz CT molecular complexity index is 984. The van der Waals surface area contributed by atoms with Gasteiger partial charge in [-0.2, -0.15) is 0 Å². The molecule has 1 fully saturated rings. The van der Waals surface area contributed by atoms with Crippen LogP contribution in [0.15, 0.2) is 48.7 Å². The van der Waals surface area contributed by atoms with Crippen molar-refractivity contribution in [1.82, 2.24) is 4.98 Å². The molecule has 146 valence electrons. The summed E-state index contributed by atoms with van der Waals surface area (Å²) in [6.07, 6.45) is 6.07. The van der Waals surface area contributed by atoms with E-state index in [1.165, 1.54) is 0 Å². The first-order chi connectivity index (χ1) is 13.5. The molecule has 28 heavy (non-hydrogen) atoms. The summed E-state index contributed by atoms with van der Waals surface area (Å²) in [6.45, 7) is 0.749. The summed E-state index contributed by atoms with van der Waals surface area (Å²) >= 11 is 18.6. The Balaban J connectivity index is 1.75. The minimum Gasteiger partial charge on any atom is -0.364 e. The molecule has 0 spiro atoms. The van der Waals surface area contributed by atoms with E-state index in [4.69, 9.17) is 40.5 Å². The number of halogens is 3. The van der Waals surface area contributed by atoms with E-state index in [0.717, 1.165) is 54.4 Å². The van der Waals surface area contributed by atoms with E-state index in [2.05, 4.69) is 22.0 Å². The van der Waals surface area contributed by atoms with E-state index < -0.39 is 0 Å². The minimum atomic E-state index is 0.302. The summed E-state index contributed by atoms with van der Waals surface area (Å²) in [4.78, 5) is 6.97. The van der Waals surface area contributed by atoms with Gasteiger partial charge in [-0.05, 0) is 67.6 Å². The van der Waals surface area contributed by atoms with E-state index >= 15 is 0 Å². The lowest BCUT2D eigenvalue weighted by Gasteiger charge is -2.38. The first-order valence-electron chi connectivity index (χ1n) is 9.51. The summed E-state index contributed by atoms with van der Waals surface area (Å²) in [7, 11) is 0. The zero-order valence-corrected chi connectivity index (χ0v) is 17.7. The molecule has 6 heteroatoms.